The zero-order valence-corrected chi connectivity index (χ0v) is 61.1. The van der Waals surface area contributed by atoms with Gasteiger partial charge < -0.3 is 60.0 Å². The third kappa shape index (κ3) is 18.9. The van der Waals surface area contributed by atoms with Crippen molar-refractivity contribution in [2.45, 2.75) is 210 Å². The van der Waals surface area contributed by atoms with E-state index in [9.17, 15) is 46.7 Å². The molecule has 3 aliphatic carbocycles. The second-order valence-corrected chi connectivity index (χ2v) is 29.7. The van der Waals surface area contributed by atoms with Gasteiger partial charge >= 0.3 is 6.18 Å². The van der Waals surface area contributed by atoms with E-state index < -0.39 is 173 Å². The monoisotopic (exact) mass is 1430 g/mol. The number of nitrogens with one attached hydrogen (secondary N) is 3. The number of nitrogens with zero attached hydrogens (tertiary/aromatic N) is 9. The topological polar surface area (TPSA) is 270 Å². The van der Waals surface area contributed by atoms with E-state index in [0.717, 1.165) is 63.0 Å². The van der Waals surface area contributed by atoms with E-state index in [0.29, 0.717) is 82.9 Å². The molecule has 24 nitrogen and oxygen atoms in total. The Morgan fingerprint density at radius 3 is 1.81 bits per heavy atom. The Morgan fingerprint density at radius 2 is 1.21 bits per heavy atom. The maximum Gasteiger partial charge on any atom is 0.417 e. The number of amides is 12. The van der Waals surface area contributed by atoms with Crippen LogP contribution in [-0.4, -0.2) is 251 Å². The van der Waals surface area contributed by atoms with Gasteiger partial charge in [-0.25, -0.2) is 0 Å². The first kappa shape index (κ1) is 78.9. The summed E-state index contributed by atoms with van der Waals surface area (Å²) in [5.41, 5.74) is -0.805. The summed E-state index contributed by atoms with van der Waals surface area (Å²) in [7, 11) is 9.92. The zero-order valence-electron chi connectivity index (χ0n) is 60.3. The molecule has 3 heterocycles. The van der Waals surface area contributed by atoms with Crippen molar-refractivity contribution in [2.75, 3.05) is 88.6 Å². The summed E-state index contributed by atoms with van der Waals surface area (Å²) in [6.45, 7) is 4.48. The van der Waals surface area contributed by atoms with Crippen molar-refractivity contribution in [3.05, 3.63) is 69.7 Å². The minimum Gasteiger partial charge on any atom is -0.343 e. The summed E-state index contributed by atoms with van der Waals surface area (Å²) in [5, 5.41) is 8.18. The molecule has 8 atom stereocenters. The molecule has 3 saturated carbocycles. The van der Waals surface area contributed by atoms with Crippen LogP contribution >= 0.6 is 11.6 Å². The zero-order chi connectivity index (χ0) is 73.9. The van der Waals surface area contributed by atoms with Crippen LogP contribution in [0.3, 0.4) is 0 Å². The molecule has 3 saturated heterocycles. The smallest absolute Gasteiger partial charge is 0.343 e. The van der Waals surface area contributed by atoms with Gasteiger partial charge in [-0.1, -0.05) is 106 Å². The Hall–Kier alpha value is -7.84. The first-order valence-electron chi connectivity index (χ1n) is 36.0. The first-order valence-corrected chi connectivity index (χ1v) is 36.4. The second kappa shape index (κ2) is 34.4. The summed E-state index contributed by atoms with van der Waals surface area (Å²) in [6, 6.07) is 1.56. The fourth-order valence-corrected chi connectivity index (χ4v) is 15.7. The maximum atomic E-state index is 15.8. The summed E-state index contributed by atoms with van der Waals surface area (Å²) in [5.74, 6) is -9.04. The molecule has 3 aliphatic heterocycles. The Kier molecular flexibility index (Phi) is 26.9. The molecule has 0 aromatic heterocycles. The number of hydrogen-bond donors (Lipinski definition) is 3. The Bertz CT molecular complexity index is 3370. The molecule has 28 heteroatoms. The molecule has 0 bridgehead atoms. The highest BCUT2D eigenvalue weighted by molar-refractivity contribution is 6.31. The molecular weight excluding hydrogens is 1330 g/mol. The van der Waals surface area contributed by atoms with Gasteiger partial charge in [0.1, 0.15) is 47.8 Å². The second-order valence-electron chi connectivity index (χ2n) is 29.3. The number of aryl methyl sites for hydroxylation is 2. The number of carbonyl (C=O) groups is 12. The molecule has 6 aliphatic rings. The van der Waals surface area contributed by atoms with Gasteiger partial charge in [-0.3, -0.25) is 57.5 Å². The highest BCUT2D eigenvalue weighted by atomic mass is 35.5. The minimum absolute atomic E-state index is 0.0264. The van der Waals surface area contributed by atoms with Crippen molar-refractivity contribution < 1.29 is 70.7 Å². The van der Waals surface area contributed by atoms with E-state index in [4.69, 9.17) is 11.6 Å². The van der Waals surface area contributed by atoms with Crippen molar-refractivity contribution in [3.8, 4) is 0 Å². The summed E-state index contributed by atoms with van der Waals surface area (Å²) < 4.78 is 41.7. The molecule has 101 heavy (non-hydrogen) atoms. The van der Waals surface area contributed by atoms with Gasteiger partial charge in [-0.2, -0.15) is 13.2 Å². The lowest BCUT2D eigenvalue weighted by atomic mass is 9.78. The van der Waals surface area contributed by atoms with Crippen LogP contribution in [0.15, 0.2) is 42.5 Å². The number of likely N-dealkylation sites (tertiary alicyclic amines) is 1. The van der Waals surface area contributed by atoms with Crippen molar-refractivity contribution in [2.24, 2.45) is 17.8 Å². The van der Waals surface area contributed by atoms with Crippen LogP contribution in [-0.2, 0) is 76.6 Å². The standard InChI is InChI=1S/C73H104ClF3N12O12/c1-11-46(3)61-69(99)83(6)43-59(92)81(4)44-60(93)84(7)55(40-48-28-26-45(2)27-29-48)67(97)82(5)42-57(90)78-53(33-31-47-30-32-51(52(74)39-47)73(75,76)77)66(96)89-38-20-25-54(89)64(94)80-72(34-15-16-35-72)71(101)87(10)63(50-21-13-12-14-22-50)70(100)85(8)56(68(98)88-36-17-18-37-88)41-58(91)86(9)62(65(95)79-61)49-23-19-24-49/h26-30,32,39,46,49-50,53-56,61-63H,11-25,31,33-38,40-44H2,1-10H3,(H,78,90)(H,79,95)(H,80,94)/t46-,53-,54-,55-,56-,61-,62-,63-/m0/s1. The van der Waals surface area contributed by atoms with Gasteiger partial charge in [0.05, 0.1) is 36.6 Å². The lowest BCUT2D eigenvalue weighted by Crippen LogP contribution is -2.65. The van der Waals surface area contributed by atoms with Crippen LogP contribution in [0.5, 0.6) is 0 Å². The fourth-order valence-electron chi connectivity index (χ4n) is 15.4. The van der Waals surface area contributed by atoms with Gasteiger partial charge in [0.15, 0.2) is 0 Å². The van der Waals surface area contributed by atoms with E-state index in [2.05, 4.69) is 16.0 Å². The number of carbonyl (C=O) groups excluding carboxylic acids is 12. The minimum atomic E-state index is -4.77. The Labute approximate surface area is 596 Å². The van der Waals surface area contributed by atoms with Crippen LogP contribution in [0.4, 0.5) is 13.2 Å². The average Bonchev–Trinajstić information content (AvgIpc) is 1.56. The first-order chi connectivity index (χ1) is 47.8. The van der Waals surface area contributed by atoms with Crippen LogP contribution in [0.2, 0.25) is 5.02 Å². The highest BCUT2D eigenvalue weighted by Crippen LogP contribution is 2.39. The summed E-state index contributed by atoms with van der Waals surface area (Å²) in [6.07, 6.45) is 3.36. The Balaban J connectivity index is 1.17. The largest absolute Gasteiger partial charge is 0.417 e. The third-order valence-corrected chi connectivity index (χ3v) is 22.5. The van der Waals surface area contributed by atoms with Crippen molar-refractivity contribution in [1.29, 1.82) is 0 Å². The fraction of sp³-hybridized carbons (Fsp3) is 0.671. The maximum absolute atomic E-state index is 15.8. The molecule has 6 fully saturated rings. The number of hydrogen-bond acceptors (Lipinski definition) is 12. The average molecular weight is 1430 g/mol. The number of fused-ring (bicyclic) bond motifs is 1. The van der Waals surface area contributed by atoms with Crippen LogP contribution in [0.25, 0.3) is 0 Å². The lowest BCUT2D eigenvalue weighted by Gasteiger charge is -2.43. The van der Waals surface area contributed by atoms with Crippen molar-refractivity contribution in [3.63, 3.8) is 0 Å². The molecule has 2 aromatic carbocycles. The van der Waals surface area contributed by atoms with Crippen LogP contribution < -0.4 is 16.0 Å². The van der Waals surface area contributed by atoms with Gasteiger partial charge in [0, 0.05) is 75.4 Å². The summed E-state index contributed by atoms with van der Waals surface area (Å²) >= 11 is 6.16. The SMILES string of the molecule is CC[C@H](C)[C@@H]1NC(=O)[C@H](C2CCC2)N(C)C(=O)C[C@@H](C(=O)N2CCCC2)N(C)C(=O)[C@H](C2CCCCC2)N(C)C(=O)C2(CCCC2)NC(=O)[C@@H]2CCCN2C(=O)[C@H](CCc2ccc(C(F)(F)F)c(Cl)c2)NC(=O)CN(C)C(=O)[C@H](Cc2ccc(C)cc2)N(C)C(=O)CN(C)C(=O)CN(C)C1=O. The van der Waals surface area contributed by atoms with E-state index in [1.165, 1.54) is 75.0 Å². The third-order valence-electron chi connectivity index (χ3n) is 22.2. The molecule has 8 rings (SSSR count). The van der Waals surface area contributed by atoms with E-state index in [1.54, 1.807) is 24.0 Å². The molecule has 2 aromatic rings. The van der Waals surface area contributed by atoms with Crippen molar-refractivity contribution >= 4 is 82.5 Å². The molecule has 0 radical (unpaired) electrons. The van der Waals surface area contributed by atoms with Crippen LogP contribution in [0.1, 0.15) is 158 Å². The predicted molar refractivity (Wildman–Crippen MR) is 371 cm³/mol. The van der Waals surface area contributed by atoms with Gasteiger partial charge in [0.2, 0.25) is 70.9 Å². The van der Waals surface area contributed by atoms with Gasteiger partial charge in [-0.05, 0) is 125 Å². The predicted octanol–water partition coefficient (Wildman–Crippen LogP) is 5.37. The number of rotatable bonds is 10. The number of likely N-dealkylation sites (N-methyl/N-ethyl adjacent to an activating group) is 7. The molecular formula is C73H104ClF3N12O12. The normalized spacial score (nSPS) is 26.3. The summed E-state index contributed by atoms with van der Waals surface area (Å²) in [4.78, 5) is 191. The number of halogens is 4. The van der Waals surface area contributed by atoms with Crippen molar-refractivity contribution in [1.82, 2.24) is 60.0 Å². The highest BCUT2D eigenvalue weighted by Gasteiger charge is 2.52. The molecule has 0 unspecified atom stereocenters. The van der Waals surface area contributed by atoms with E-state index >= 15 is 24.0 Å². The molecule has 556 valence electrons. The van der Waals surface area contributed by atoms with Gasteiger partial charge in [0.25, 0.3) is 0 Å². The molecule has 1 spiro atoms. The quantitative estimate of drug-likeness (QED) is 0.271. The Morgan fingerprint density at radius 1 is 0.604 bits per heavy atom. The van der Waals surface area contributed by atoms with Crippen LogP contribution in [0, 0.1) is 24.7 Å². The van der Waals surface area contributed by atoms with E-state index in [-0.39, 0.29) is 56.6 Å². The lowest BCUT2D eigenvalue weighted by molar-refractivity contribution is -0.157. The number of alkyl halides is 3. The van der Waals surface area contributed by atoms with Gasteiger partial charge in [-0.15, -0.1) is 0 Å². The van der Waals surface area contributed by atoms with E-state index in [1.807, 2.05) is 26.0 Å². The molecule has 12 amide bonds. The number of benzene rings is 2. The molecule has 3 N–H and O–H groups in total.